The number of nitrogens with one attached hydrogen (secondary N) is 2. The molecule has 0 amide bonds. The van der Waals surface area contributed by atoms with Gasteiger partial charge in [0.05, 0.1) is 6.33 Å². The van der Waals surface area contributed by atoms with Crippen LogP contribution in [0.5, 0.6) is 0 Å². The predicted molar refractivity (Wildman–Crippen MR) is 83.2 cm³/mol. The third kappa shape index (κ3) is 2.84. The molecule has 0 fully saturated rings. The summed E-state index contributed by atoms with van der Waals surface area (Å²) in [5, 5.41) is 3.01. The first-order chi connectivity index (χ1) is 9.73. The maximum absolute atomic E-state index is 4.62. The molecule has 2 rings (SSSR count). The van der Waals surface area contributed by atoms with Crippen molar-refractivity contribution < 1.29 is 0 Å². The quantitative estimate of drug-likeness (QED) is 0.813. The van der Waals surface area contributed by atoms with Gasteiger partial charge in [0.1, 0.15) is 5.52 Å². The van der Waals surface area contributed by atoms with Crippen LogP contribution in [0.4, 0.5) is 11.8 Å². The molecule has 6 nitrogen and oxygen atoms in total. The Hall–Kier alpha value is -1.85. The third-order valence-corrected chi connectivity index (χ3v) is 3.80. The lowest BCUT2D eigenvalue weighted by Gasteiger charge is -2.26. The molecule has 2 N–H and O–H groups in total. The highest BCUT2D eigenvalue weighted by molar-refractivity contribution is 5.84. The summed E-state index contributed by atoms with van der Waals surface area (Å²) in [4.78, 5) is 18.7. The number of rotatable bonds is 7. The Bertz CT molecular complexity index is 546. The summed E-state index contributed by atoms with van der Waals surface area (Å²) in [6, 6.07) is 0. The van der Waals surface area contributed by atoms with E-state index in [1.807, 2.05) is 7.05 Å². The van der Waals surface area contributed by atoms with Gasteiger partial charge < -0.3 is 15.2 Å². The lowest BCUT2D eigenvalue weighted by Crippen LogP contribution is -2.30. The van der Waals surface area contributed by atoms with Crippen molar-refractivity contribution >= 4 is 22.9 Å². The van der Waals surface area contributed by atoms with Crippen LogP contribution in [0.15, 0.2) is 6.33 Å². The number of aromatic nitrogens is 4. The Morgan fingerprint density at radius 2 is 2.00 bits per heavy atom. The first-order valence-corrected chi connectivity index (χ1v) is 7.37. The van der Waals surface area contributed by atoms with Crippen LogP contribution in [0.2, 0.25) is 0 Å². The summed E-state index contributed by atoms with van der Waals surface area (Å²) < 4.78 is 0. The molecule has 20 heavy (non-hydrogen) atoms. The Balaban J connectivity index is 2.39. The van der Waals surface area contributed by atoms with E-state index in [1.165, 1.54) is 12.8 Å². The van der Waals surface area contributed by atoms with Crippen LogP contribution in [0.25, 0.3) is 11.2 Å². The Labute approximate surface area is 120 Å². The average molecular weight is 276 g/mol. The van der Waals surface area contributed by atoms with Crippen LogP contribution in [0.3, 0.4) is 0 Å². The van der Waals surface area contributed by atoms with Crippen molar-refractivity contribution in [3.8, 4) is 0 Å². The lowest BCUT2D eigenvalue weighted by molar-refractivity contribution is 0.485. The van der Waals surface area contributed by atoms with Crippen molar-refractivity contribution in [2.75, 3.05) is 30.4 Å². The van der Waals surface area contributed by atoms with E-state index in [-0.39, 0.29) is 0 Å². The molecule has 0 saturated heterocycles. The second kappa shape index (κ2) is 6.54. The van der Waals surface area contributed by atoms with E-state index < -0.39 is 0 Å². The van der Waals surface area contributed by atoms with Crippen LogP contribution in [0.1, 0.15) is 33.6 Å². The van der Waals surface area contributed by atoms with Gasteiger partial charge >= 0.3 is 0 Å². The average Bonchev–Trinajstić information content (AvgIpc) is 2.96. The van der Waals surface area contributed by atoms with Crippen molar-refractivity contribution in [3.05, 3.63) is 6.33 Å². The number of hydrogen-bond donors (Lipinski definition) is 2. The predicted octanol–water partition coefficient (Wildman–Crippen LogP) is 2.66. The van der Waals surface area contributed by atoms with E-state index in [0.717, 1.165) is 24.4 Å². The maximum Gasteiger partial charge on any atom is 0.226 e. The number of hydrogen-bond acceptors (Lipinski definition) is 5. The number of H-pyrrole nitrogens is 1. The summed E-state index contributed by atoms with van der Waals surface area (Å²) in [7, 11) is 1.83. The van der Waals surface area contributed by atoms with Gasteiger partial charge in [-0.1, -0.05) is 26.7 Å². The van der Waals surface area contributed by atoms with Gasteiger partial charge in [0.25, 0.3) is 0 Å². The van der Waals surface area contributed by atoms with E-state index in [0.29, 0.717) is 17.5 Å². The van der Waals surface area contributed by atoms with E-state index in [9.17, 15) is 0 Å². The molecule has 0 aliphatic carbocycles. The number of aromatic amines is 1. The minimum absolute atomic E-state index is 0.614. The summed E-state index contributed by atoms with van der Waals surface area (Å²) in [6.07, 6.45) is 4.04. The largest absolute Gasteiger partial charge is 0.357 e. The first kappa shape index (κ1) is 14.6. The minimum Gasteiger partial charge on any atom is -0.357 e. The van der Waals surface area contributed by atoms with Gasteiger partial charge in [0.2, 0.25) is 5.95 Å². The monoisotopic (exact) mass is 276 g/mol. The van der Waals surface area contributed by atoms with Crippen LogP contribution in [-0.2, 0) is 0 Å². The van der Waals surface area contributed by atoms with Gasteiger partial charge in [-0.2, -0.15) is 9.97 Å². The zero-order valence-electron chi connectivity index (χ0n) is 12.8. The molecular formula is C14H24N6. The number of imidazole rings is 1. The summed E-state index contributed by atoms with van der Waals surface area (Å²) in [5.41, 5.74) is 1.62. The molecular weight excluding hydrogens is 252 g/mol. The van der Waals surface area contributed by atoms with Crippen molar-refractivity contribution in [1.82, 2.24) is 19.9 Å². The third-order valence-electron chi connectivity index (χ3n) is 3.80. The summed E-state index contributed by atoms with van der Waals surface area (Å²) in [6.45, 7) is 8.58. The van der Waals surface area contributed by atoms with E-state index in [4.69, 9.17) is 0 Å². The molecule has 0 aliphatic rings. The van der Waals surface area contributed by atoms with Gasteiger partial charge in [0, 0.05) is 20.1 Å². The van der Waals surface area contributed by atoms with Crippen LogP contribution >= 0.6 is 0 Å². The number of anilines is 2. The summed E-state index contributed by atoms with van der Waals surface area (Å²) >= 11 is 0. The highest BCUT2D eigenvalue weighted by Crippen LogP contribution is 2.24. The maximum atomic E-state index is 4.62. The molecule has 0 atom stereocenters. The number of fused-ring (bicyclic) bond motifs is 1. The van der Waals surface area contributed by atoms with Gasteiger partial charge in [-0.05, 0) is 12.8 Å². The van der Waals surface area contributed by atoms with Crippen molar-refractivity contribution in [2.45, 2.75) is 33.6 Å². The number of nitrogens with zero attached hydrogens (tertiary/aromatic N) is 4. The Morgan fingerprint density at radius 3 is 2.60 bits per heavy atom. The Kier molecular flexibility index (Phi) is 4.76. The van der Waals surface area contributed by atoms with Crippen molar-refractivity contribution in [3.63, 3.8) is 0 Å². The van der Waals surface area contributed by atoms with Gasteiger partial charge in [-0.25, -0.2) is 4.98 Å². The molecule has 2 aromatic heterocycles. The zero-order chi connectivity index (χ0) is 14.5. The molecule has 2 heterocycles. The van der Waals surface area contributed by atoms with Crippen LogP contribution < -0.4 is 10.2 Å². The molecule has 0 radical (unpaired) electrons. The van der Waals surface area contributed by atoms with Crippen molar-refractivity contribution in [1.29, 1.82) is 0 Å². The fourth-order valence-electron chi connectivity index (χ4n) is 2.38. The molecule has 6 heteroatoms. The molecule has 2 aromatic rings. The second-order valence-corrected chi connectivity index (χ2v) is 4.94. The minimum atomic E-state index is 0.614. The zero-order valence-corrected chi connectivity index (χ0v) is 12.8. The highest BCUT2D eigenvalue weighted by atomic mass is 15.2. The molecule has 0 aromatic carbocycles. The molecule has 110 valence electrons. The van der Waals surface area contributed by atoms with Gasteiger partial charge in [0.15, 0.2) is 11.5 Å². The SMILES string of the molecule is CCC(CC)CN(CC)c1nc(NC)nc2nc[nH]c12. The van der Waals surface area contributed by atoms with E-state index >= 15 is 0 Å². The van der Waals surface area contributed by atoms with Gasteiger partial charge in [-0.3, -0.25) is 0 Å². The summed E-state index contributed by atoms with van der Waals surface area (Å²) in [5.74, 6) is 2.23. The lowest BCUT2D eigenvalue weighted by atomic mass is 10.0. The van der Waals surface area contributed by atoms with Gasteiger partial charge in [-0.15, -0.1) is 0 Å². The molecule has 0 spiro atoms. The normalized spacial score (nSPS) is 11.2. The highest BCUT2D eigenvalue weighted by Gasteiger charge is 2.17. The first-order valence-electron chi connectivity index (χ1n) is 7.37. The van der Waals surface area contributed by atoms with E-state index in [2.05, 4.69) is 50.9 Å². The topological polar surface area (TPSA) is 69.7 Å². The fourth-order valence-corrected chi connectivity index (χ4v) is 2.38. The van der Waals surface area contributed by atoms with Crippen LogP contribution in [0, 0.1) is 5.92 Å². The molecule has 0 aliphatic heterocycles. The fraction of sp³-hybridized carbons (Fsp3) is 0.643. The van der Waals surface area contributed by atoms with Crippen molar-refractivity contribution in [2.24, 2.45) is 5.92 Å². The van der Waals surface area contributed by atoms with Crippen LogP contribution in [-0.4, -0.2) is 40.1 Å². The molecule has 0 unspecified atom stereocenters. The standard InChI is InChI=1S/C14H24N6/c1-5-10(6-2)8-20(7-3)13-11-12(17-9-16-11)18-14(15-4)19-13/h9-10H,5-8H2,1-4H3,(H2,15,16,17,18,19). The van der Waals surface area contributed by atoms with E-state index in [1.54, 1.807) is 6.33 Å². The Morgan fingerprint density at radius 1 is 1.25 bits per heavy atom. The molecule has 0 bridgehead atoms. The molecule has 0 saturated carbocycles. The smallest absolute Gasteiger partial charge is 0.226 e. The second-order valence-electron chi connectivity index (χ2n) is 4.94.